The van der Waals surface area contributed by atoms with Crippen molar-refractivity contribution in [2.24, 2.45) is 0 Å². The minimum Gasteiger partial charge on any atom is -0.296 e. The first-order chi connectivity index (χ1) is 12.7. The van der Waals surface area contributed by atoms with E-state index >= 15 is 0 Å². The fourth-order valence-electron chi connectivity index (χ4n) is 2.57. The fourth-order valence-corrected chi connectivity index (χ4v) is 4.66. The number of allylic oxidation sites excluding steroid dienone is 1. The Morgan fingerprint density at radius 3 is 2.88 bits per heavy atom. The summed E-state index contributed by atoms with van der Waals surface area (Å²) in [6.07, 6.45) is 6.76. The maximum Gasteiger partial charge on any atom is 0.198 e. The van der Waals surface area contributed by atoms with Crippen LogP contribution in [0.4, 0.5) is 0 Å². The quantitative estimate of drug-likeness (QED) is 0.385. The van der Waals surface area contributed by atoms with Crippen molar-refractivity contribution in [3.63, 3.8) is 0 Å². The van der Waals surface area contributed by atoms with Crippen LogP contribution in [0.3, 0.4) is 0 Å². The number of hydrogen-bond acceptors (Lipinski definition) is 8. The monoisotopic (exact) mass is 381 g/mol. The lowest BCUT2D eigenvalue weighted by atomic mass is 10.3. The number of hydrogen-bond donors (Lipinski definition) is 0. The molecule has 4 heterocycles. The zero-order valence-corrected chi connectivity index (χ0v) is 15.9. The molecule has 0 saturated carbocycles. The molecule has 0 fully saturated rings. The zero-order valence-electron chi connectivity index (χ0n) is 14.2. The van der Waals surface area contributed by atoms with Gasteiger partial charge in [-0.2, -0.15) is 0 Å². The van der Waals surface area contributed by atoms with Crippen LogP contribution in [0.1, 0.15) is 11.4 Å². The van der Waals surface area contributed by atoms with E-state index in [1.165, 1.54) is 11.8 Å². The lowest BCUT2D eigenvalue weighted by molar-refractivity contribution is 0.728. The molecule has 0 spiro atoms. The molecule has 130 valence electrons. The molecule has 4 rings (SSSR count). The van der Waals surface area contributed by atoms with Gasteiger partial charge in [0.1, 0.15) is 21.4 Å². The topological polar surface area (TPSA) is 82.3 Å². The highest BCUT2D eigenvalue weighted by Crippen LogP contribution is 2.36. The molecule has 0 aliphatic carbocycles. The largest absolute Gasteiger partial charge is 0.296 e. The van der Waals surface area contributed by atoms with Crippen molar-refractivity contribution in [3.05, 3.63) is 48.0 Å². The predicted molar refractivity (Wildman–Crippen MR) is 102 cm³/mol. The van der Waals surface area contributed by atoms with E-state index in [1.807, 2.05) is 17.6 Å². The third-order valence-corrected chi connectivity index (χ3v) is 5.67. The second-order valence-electron chi connectivity index (χ2n) is 5.57. The smallest absolute Gasteiger partial charge is 0.198 e. The second-order valence-corrected chi connectivity index (χ2v) is 7.39. The first-order valence-corrected chi connectivity index (χ1v) is 9.57. The summed E-state index contributed by atoms with van der Waals surface area (Å²) in [5.74, 6) is 1.40. The van der Waals surface area contributed by atoms with Crippen molar-refractivity contribution in [2.45, 2.75) is 30.6 Å². The Morgan fingerprint density at radius 1 is 1.23 bits per heavy atom. The van der Waals surface area contributed by atoms with Crippen molar-refractivity contribution >= 4 is 33.3 Å². The summed E-state index contributed by atoms with van der Waals surface area (Å²) in [6, 6.07) is 0. The normalized spacial score (nSPS) is 11.2. The van der Waals surface area contributed by atoms with Gasteiger partial charge in [-0.15, -0.1) is 28.1 Å². The first-order valence-electron chi connectivity index (χ1n) is 7.88. The first kappa shape index (κ1) is 16.8. The van der Waals surface area contributed by atoms with E-state index in [0.717, 1.165) is 31.8 Å². The summed E-state index contributed by atoms with van der Waals surface area (Å²) in [5.41, 5.74) is 1.83. The van der Waals surface area contributed by atoms with E-state index in [1.54, 1.807) is 29.9 Å². The molecular formula is C17H15N7S2. The Balaban J connectivity index is 1.81. The van der Waals surface area contributed by atoms with Crippen LogP contribution < -0.4 is 0 Å². The van der Waals surface area contributed by atoms with Crippen molar-refractivity contribution in [3.8, 4) is 11.5 Å². The van der Waals surface area contributed by atoms with Gasteiger partial charge in [-0.25, -0.2) is 15.0 Å². The molecule has 0 unspecified atom stereocenters. The Kier molecular flexibility index (Phi) is 4.48. The van der Waals surface area contributed by atoms with E-state index < -0.39 is 0 Å². The van der Waals surface area contributed by atoms with E-state index in [9.17, 15) is 0 Å². The van der Waals surface area contributed by atoms with Crippen molar-refractivity contribution in [1.82, 2.24) is 34.7 Å². The average molecular weight is 381 g/mol. The molecular weight excluding hydrogens is 366 g/mol. The minimum absolute atomic E-state index is 0.567. The minimum atomic E-state index is 0.567. The molecule has 4 aromatic rings. The zero-order chi connectivity index (χ0) is 18.1. The SMILES string of the molecule is C=CCn1c(Sc2nc(C)nc3scc(C)c23)nnc1-c1cnccn1. The van der Waals surface area contributed by atoms with Crippen molar-refractivity contribution in [2.75, 3.05) is 0 Å². The average Bonchev–Trinajstić information content (AvgIpc) is 3.20. The Morgan fingerprint density at radius 2 is 2.12 bits per heavy atom. The van der Waals surface area contributed by atoms with Gasteiger partial charge in [-0.1, -0.05) is 6.08 Å². The van der Waals surface area contributed by atoms with Gasteiger partial charge >= 0.3 is 0 Å². The Hall–Kier alpha value is -2.65. The van der Waals surface area contributed by atoms with Crippen LogP contribution in [0.15, 0.2) is 46.8 Å². The molecule has 0 N–H and O–H groups in total. The molecule has 7 nitrogen and oxygen atoms in total. The molecule has 0 bridgehead atoms. The van der Waals surface area contributed by atoms with Crippen LogP contribution in [0, 0.1) is 13.8 Å². The van der Waals surface area contributed by atoms with Gasteiger partial charge in [0.25, 0.3) is 0 Å². The van der Waals surface area contributed by atoms with Gasteiger partial charge in [0, 0.05) is 24.3 Å². The van der Waals surface area contributed by atoms with Gasteiger partial charge < -0.3 is 0 Å². The molecule has 9 heteroatoms. The van der Waals surface area contributed by atoms with Gasteiger partial charge in [-0.05, 0) is 36.6 Å². The van der Waals surface area contributed by atoms with Gasteiger partial charge in [0.15, 0.2) is 11.0 Å². The molecule has 0 aliphatic heterocycles. The highest BCUT2D eigenvalue weighted by atomic mass is 32.2. The summed E-state index contributed by atoms with van der Waals surface area (Å²) in [5, 5.41) is 13.5. The molecule has 0 aliphatic rings. The standard InChI is InChI=1S/C17H15N7S2/c1-4-7-24-14(12-8-18-5-6-19-12)22-23-17(24)26-16-13-10(2)9-25-15(13)20-11(3)21-16/h4-6,8-9H,1,7H2,2-3H3. The second kappa shape index (κ2) is 6.93. The number of rotatable bonds is 5. The van der Waals surface area contributed by atoms with Crippen LogP contribution in [0.2, 0.25) is 0 Å². The molecule has 26 heavy (non-hydrogen) atoms. The van der Waals surface area contributed by atoms with Crippen LogP contribution >= 0.6 is 23.1 Å². The maximum atomic E-state index is 4.64. The lowest BCUT2D eigenvalue weighted by Crippen LogP contribution is -2.02. The molecule has 4 aromatic heterocycles. The Labute approximate surface area is 158 Å². The van der Waals surface area contributed by atoms with E-state index in [2.05, 4.69) is 49.0 Å². The lowest BCUT2D eigenvalue weighted by Gasteiger charge is -2.08. The van der Waals surface area contributed by atoms with Crippen LogP contribution in [-0.2, 0) is 6.54 Å². The molecule has 0 aromatic carbocycles. The molecule has 0 amide bonds. The third-order valence-electron chi connectivity index (χ3n) is 3.70. The van der Waals surface area contributed by atoms with Crippen molar-refractivity contribution in [1.29, 1.82) is 0 Å². The molecule has 0 atom stereocenters. The molecule has 0 radical (unpaired) electrons. The van der Waals surface area contributed by atoms with Crippen molar-refractivity contribution < 1.29 is 0 Å². The third kappa shape index (κ3) is 2.99. The van der Waals surface area contributed by atoms with E-state index in [-0.39, 0.29) is 0 Å². The van der Waals surface area contributed by atoms with Crippen LogP contribution in [0.25, 0.3) is 21.7 Å². The highest BCUT2D eigenvalue weighted by molar-refractivity contribution is 7.99. The van der Waals surface area contributed by atoms with Gasteiger partial charge in [-0.3, -0.25) is 9.55 Å². The predicted octanol–water partition coefficient (Wildman–Crippen LogP) is 3.69. The fraction of sp³-hybridized carbons (Fsp3) is 0.176. The van der Waals surface area contributed by atoms with Crippen LogP contribution in [0.5, 0.6) is 0 Å². The summed E-state index contributed by atoms with van der Waals surface area (Å²) in [7, 11) is 0. The van der Waals surface area contributed by atoms with Gasteiger partial charge in [0.2, 0.25) is 0 Å². The summed E-state index contributed by atoms with van der Waals surface area (Å²) < 4.78 is 1.96. The summed E-state index contributed by atoms with van der Waals surface area (Å²) in [6.45, 7) is 8.38. The van der Waals surface area contributed by atoms with Gasteiger partial charge in [0.05, 0.1) is 6.20 Å². The Bertz CT molecular complexity index is 1090. The number of aromatic nitrogens is 7. The van der Waals surface area contributed by atoms with E-state index in [0.29, 0.717) is 18.1 Å². The highest BCUT2D eigenvalue weighted by Gasteiger charge is 2.18. The number of aryl methyl sites for hydroxylation is 2. The number of nitrogens with zero attached hydrogens (tertiary/aromatic N) is 7. The van der Waals surface area contributed by atoms with Crippen LogP contribution in [-0.4, -0.2) is 34.7 Å². The summed E-state index contributed by atoms with van der Waals surface area (Å²) in [4.78, 5) is 18.6. The number of thiophene rings is 1. The molecule has 0 saturated heterocycles. The number of fused-ring (bicyclic) bond motifs is 1. The van der Waals surface area contributed by atoms with E-state index in [4.69, 9.17) is 0 Å². The summed E-state index contributed by atoms with van der Waals surface area (Å²) >= 11 is 3.11. The maximum absolute atomic E-state index is 4.64.